The van der Waals surface area contributed by atoms with Gasteiger partial charge >= 0.3 is 5.97 Å². The first kappa shape index (κ1) is 23.6. The van der Waals surface area contributed by atoms with E-state index in [1.807, 2.05) is 12.2 Å². The summed E-state index contributed by atoms with van der Waals surface area (Å²) >= 11 is 6.46. The summed E-state index contributed by atoms with van der Waals surface area (Å²) in [6, 6.07) is 0. The van der Waals surface area contributed by atoms with E-state index in [0.717, 1.165) is 6.42 Å². The van der Waals surface area contributed by atoms with Crippen LogP contribution in [0.1, 0.15) is 41.0 Å². The molecule has 2 unspecified atom stereocenters. The molecule has 0 aromatic carbocycles. The molecule has 1 heterocycles. The number of hydrogen-bond acceptors (Lipinski definition) is 4. The number of cyclic esters (lactones) is 1. The molecule has 31 heavy (non-hydrogen) atoms. The molecule has 4 nitrogen and oxygen atoms in total. The monoisotopic (exact) mass is 444 g/mol. The quantitative estimate of drug-likeness (QED) is 0.286. The van der Waals surface area contributed by atoms with Gasteiger partial charge in [0.15, 0.2) is 5.78 Å². The number of allylic oxidation sites excluding steroid dienone is 9. The Hall–Kier alpha value is -2.07. The molecule has 3 rings (SSSR count). The fraction of sp³-hybridized carbons (Fsp3) is 0.538. The minimum Gasteiger partial charge on any atom is -0.510 e. The number of rotatable bonds is 0. The van der Waals surface area contributed by atoms with Gasteiger partial charge in [-0.3, -0.25) is 9.59 Å². The number of halogens is 1. The predicted octanol–water partition coefficient (Wildman–Crippen LogP) is 5.91. The van der Waals surface area contributed by atoms with E-state index in [1.54, 1.807) is 13.0 Å². The van der Waals surface area contributed by atoms with Gasteiger partial charge in [-0.05, 0) is 62.9 Å². The van der Waals surface area contributed by atoms with Crippen molar-refractivity contribution < 1.29 is 19.4 Å². The van der Waals surface area contributed by atoms with E-state index in [-0.39, 0.29) is 46.3 Å². The van der Waals surface area contributed by atoms with Crippen LogP contribution < -0.4 is 0 Å². The number of carbonyl (C=O) groups is 2. The van der Waals surface area contributed by atoms with Crippen LogP contribution in [-0.4, -0.2) is 23.0 Å². The maximum atomic E-state index is 13.0. The Morgan fingerprint density at radius 1 is 1.00 bits per heavy atom. The Labute approximate surface area is 190 Å². The number of Topliss-reactive ketones (excluding diaryl/α,β-unsaturated/α-hetero) is 1. The largest absolute Gasteiger partial charge is 0.510 e. The van der Waals surface area contributed by atoms with Gasteiger partial charge in [0.05, 0.1) is 0 Å². The molecule has 0 spiro atoms. The lowest BCUT2D eigenvalue weighted by Gasteiger charge is -2.46. The first-order valence-electron chi connectivity index (χ1n) is 11.2. The summed E-state index contributed by atoms with van der Waals surface area (Å²) in [5.74, 6) is -1.99. The minimum absolute atomic E-state index is 0.00988. The van der Waals surface area contributed by atoms with Gasteiger partial charge in [-0.2, -0.15) is 0 Å². The molecule has 0 fully saturated rings. The molecule has 0 aromatic heterocycles. The number of aliphatic hydroxyl groups is 1. The third kappa shape index (κ3) is 4.90. The van der Waals surface area contributed by atoms with Crippen molar-refractivity contribution in [2.75, 3.05) is 0 Å². The van der Waals surface area contributed by atoms with E-state index in [1.165, 1.54) is 12.5 Å². The highest BCUT2D eigenvalue weighted by atomic mass is 35.5. The molecule has 0 saturated heterocycles. The van der Waals surface area contributed by atoms with Gasteiger partial charge in [0.2, 0.25) is 0 Å². The molecule has 0 saturated carbocycles. The van der Waals surface area contributed by atoms with Crippen LogP contribution in [0.2, 0.25) is 0 Å². The van der Waals surface area contributed by atoms with Gasteiger partial charge in [-0.25, -0.2) is 0 Å². The van der Waals surface area contributed by atoms with Crippen molar-refractivity contribution in [3.8, 4) is 0 Å². The number of carbonyl (C=O) groups excluding carboxylic acids is 2. The number of esters is 1. The molecule has 0 aromatic rings. The lowest BCUT2D eigenvalue weighted by atomic mass is 9.59. The van der Waals surface area contributed by atoms with Crippen molar-refractivity contribution in [3.63, 3.8) is 0 Å². The number of fused-ring (bicyclic) bond motifs is 3. The SMILES string of the molecule is CC1=C[C@@H](C)C2C3C(O)=C(Cl)C(=O)[C@H](C)C(=O)O[C@@H](C)/C=C/C=C\[C@@H](C)[C@@H]3C=C[C@@H]2C1. The van der Waals surface area contributed by atoms with Crippen LogP contribution in [0, 0.1) is 41.4 Å². The first-order valence-corrected chi connectivity index (χ1v) is 11.5. The lowest BCUT2D eigenvalue weighted by molar-refractivity contribution is -0.152. The number of aliphatic hydroxyl groups excluding tert-OH is 1. The highest BCUT2D eigenvalue weighted by Gasteiger charge is 2.45. The number of ether oxygens (including phenoxy) is 1. The van der Waals surface area contributed by atoms with Crippen molar-refractivity contribution in [2.45, 2.75) is 47.1 Å². The van der Waals surface area contributed by atoms with Gasteiger partial charge in [-0.1, -0.05) is 67.5 Å². The Kier molecular flexibility index (Phi) is 7.31. The molecule has 5 heteroatoms. The predicted molar refractivity (Wildman–Crippen MR) is 123 cm³/mol. The molecular formula is C26H33ClO4. The van der Waals surface area contributed by atoms with Crippen LogP contribution in [0.3, 0.4) is 0 Å². The molecule has 2 aliphatic carbocycles. The van der Waals surface area contributed by atoms with Crippen molar-refractivity contribution in [2.24, 2.45) is 41.4 Å². The number of hydrogen-bond donors (Lipinski definition) is 1. The summed E-state index contributed by atoms with van der Waals surface area (Å²) < 4.78 is 5.35. The van der Waals surface area contributed by atoms with Gasteiger partial charge < -0.3 is 9.84 Å². The molecule has 1 N–H and O–H groups in total. The Bertz CT molecular complexity index is 878. The third-order valence-electron chi connectivity index (χ3n) is 6.94. The van der Waals surface area contributed by atoms with Crippen LogP contribution in [0.25, 0.3) is 0 Å². The Morgan fingerprint density at radius 3 is 2.39 bits per heavy atom. The van der Waals surface area contributed by atoms with E-state index in [9.17, 15) is 14.7 Å². The molecule has 0 radical (unpaired) electrons. The average molecular weight is 445 g/mol. The summed E-state index contributed by atoms with van der Waals surface area (Å²) in [6.45, 7) is 9.63. The second-order valence-corrected chi connectivity index (χ2v) is 9.74. The van der Waals surface area contributed by atoms with Crippen LogP contribution in [-0.2, 0) is 14.3 Å². The van der Waals surface area contributed by atoms with Crippen molar-refractivity contribution in [1.29, 1.82) is 0 Å². The molecule has 8 atom stereocenters. The fourth-order valence-electron chi connectivity index (χ4n) is 5.31. The Balaban J connectivity index is 2.12. The second-order valence-electron chi connectivity index (χ2n) is 9.36. The highest BCUT2D eigenvalue weighted by molar-refractivity contribution is 6.44. The number of ketones is 1. The molecule has 0 bridgehead atoms. The topological polar surface area (TPSA) is 63.6 Å². The van der Waals surface area contributed by atoms with Gasteiger partial charge in [0.1, 0.15) is 22.8 Å². The van der Waals surface area contributed by atoms with Crippen molar-refractivity contribution in [1.82, 2.24) is 0 Å². The van der Waals surface area contributed by atoms with Gasteiger partial charge in [-0.15, -0.1) is 0 Å². The van der Waals surface area contributed by atoms with Crippen molar-refractivity contribution >= 4 is 23.4 Å². The summed E-state index contributed by atoms with van der Waals surface area (Å²) in [5, 5.41) is 11.1. The van der Waals surface area contributed by atoms with E-state index < -0.39 is 23.8 Å². The summed E-state index contributed by atoms with van der Waals surface area (Å²) in [6.07, 6.45) is 14.8. The maximum Gasteiger partial charge on any atom is 0.317 e. The van der Waals surface area contributed by atoms with Crippen LogP contribution >= 0.6 is 11.6 Å². The van der Waals surface area contributed by atoms with Crippen LogP contribution in [0.5, 0.6) is 0 Å². The minimum atomic E-state index is -1.08. The van der Waals surface area contributed by atoms with E-state index in [2.05, 4.69) is 45.1 Å². The molecule has 168 valence electrons. The summed E-state index contributed by atoms with van der Waals surface area (Å²) in [4.78, 5) is 25.4. The van der Waals surface area contributed by atoms with E-state index >= 15 is 0 Å². The molecular weight excluding hydrogens is 412 g/mol. The summed E-state index contributed by atoms with van der Waals surface area (Å²) in [5.41, 5.74) is 1.34. The zero-order chi connectivity index (χ0) is 22.9. The normalized spacial score (nSPS) is 41.4. The highest BCUT2D eigenvalue weighted by Crippen LogP contribution is 2.50. The zero-order valence-corrected chi connectivity index (χ0v) is 19.7. The molecule has 0 amide bonds. The fourth-order valence-corrected chi connectivity index (χ4v) is 5.60. The Morgan fingerprint density at radius 2 is 1.68 bits per heavy atom. The van der Waals surface area contributed by atoms with Gasteiger partial charge in [0, 0.05) is 5.92 Å². The second kappa shape index (κ2) is 9.60. The third-order valence-corrected chi connectivity index (χ3v) is 7.32. The van der Waals surface area contributed by atoms with Crippen LogP contribution in [0.4, 0.5) is 0 Å². The standard InChI is InChI=1S/C26H33ClO4/c1-14-12-16(3)21-19(13-14)10-11-20-15(2)8-6-7-9-17(4)31-26(30)18(5)24(28)23(27)25(29)22(20)21/h6-12,15-22,29H,13H2,1-5H3/b8-6-,9-7+,25-23?/t15-,16-,17+,18+,19-,20+,21?,22?/m1/s1. The van der Waals surface area contributed by atoms with E-state index in [4.69, 9.17) is 16.3 Å². The smallest absolute Gasteiger partial charge is 0.317 e. The van der Waals surface area contributed by atoms with Crippen LogP contribution in [0.15, 0.2) is 58.9 Å². The van der Waals surface area contributed by atoms with Crippen molar-refractivity contribution in [3.05, 3.63) is 58.9 Å². The van der Waals surface area contributed by atoms with Gasteiger partial charge in [0.25, 0.3) is 0 Å². The summed E-state index contributed by atoms with van der Waals surface area (Å²) in [7, 11) is 0. The molecule has 1 aliphatic heterocycles. The average Bonchev–Trinajstić information content (AvgIpc) is 2.72. The lowest BCUT2D eigenvalue weighted by Crippen LogP contribution is -2.41. The van der Waals surface area contributed by atoms with E-state index in [0.29, 0.717) is 0 Å². The zero-order valence-electron chi connectivity index (χ0n) is 18.9. The molecule has 3 aliphatic rings. The maximum absolute atomic E-state index is 13.0. The first-order chi connectivity index (χ1) is 14.6.